The van der Waals surface area contributed by atoms with Crippen molar-refractivity contribution in [1.29, 1.82) is 0 Å². The highest BCUT2D eigenvalue weighted by atomic mass is 14.8. The van der Waals surface area contributed by atoms with Crippen molar-refractivity contribution in [3.8, 4) is 134 Å². The first-order valence-electron chi connectivity index (χ1n) is 45.3. The number of pyridine rings is 6. The summed E-state index contributed by atoms with van der Waals surface area (Å²) in [5.41, 5.74) is 41.1. The molecule has 0 unspecified atom stereocenters. The first kappa shape index (κ1) is 78.2. The molecule has 0 amide bonds. The Bertz CT molecular complexity index is 8640. The predicted octanol–water partition coefficient (Wildman–Crippen LogP) is 32.6. The summed E-state index contributed by atoms with van der Waals surface area (Å²) in [6.45, 7) is 14.1. The number of benzene rings is 17. The van der Waals surface area contributed by atoms with Crippen LogP contribution in [0.2, 0.25) is 0 Å². The normalized spacial score (nSPS) is 13.3. The molecule has 131 heavy (non-hydrogen) atoms. The Morgan fingerprint density at radius 1 is 0.198 bits per heavy atom. The predicted molar refractivity (Wildman–Crippen MR) is 548 cm³/mol. The van der Waals surface area contributed by atoms with Gasteiger partial charge in [0.15, 0.2) is 0 Å². The molecule has 23 aromatic rings. The van der Waals surface area contributed by atoms with E-state index in [1.165, 1.54) is 182 Å². The first-order chi connectivity index (χ1) is 64.2. The van der Waals surface area contributed by atoms with E-state index in [1.54, 1.807) is 0 Å². The standard InChI is InChI=1S/2C43H30N2.C39H28N2/c1-43(2)36-19-7-6-18-35(36)42-41(43)39(40-34-17-5-3-11-27(34)21-22-38(40)45-42)32-16-10-14-29(24-32)28-13-9-15-30(23-28)33-25-31-12-4-8-20-37(31)44-26-33;1-43(2)36-21-6-5-19-35(36)42-40(43)38(39-33-18-4-3-11-27(33)22-23-37(39)45-42)32-16-8-14-30(26-32)29-13-7-15-31(25-29)34-20-9-12-28-17-10-24-44-41(28)34;1-39(2)33-16-6-5-15-32(33)38-37(39)35(36-31-14-4-3-9-26(31)17-18-34(36)41-38)30-13-8-12-29(24-30)28-11-7-10-27(23-28)25-19-21-40-22-20-25/h2*3-26H,1-2H3;3-24H,1-2H3. The number of hydrogen-bond acceptors (Lipinski definition) is 6. The number of aromatic nitrogens is 6. The second-order valence-electron chi connectivity index (χ2n) is 36.7. The molecule has 0 radical (unpaired) electrons. The van der Waals surface area contributed by atoms with E-state index in [0.717, 1.165) is 72.1 Å². The third-order valence-corrected chi connectivity index (χ3v) is 28.0. The minimum Gasteiger partial charge on any atom is -0.265 e. The summed E-state index contributed by atoms with van der Waals surface area (Å²) in [5, 5.41) is 13.4. The largest absolute Gasteiger partial charge is 0.265 e. The highest BCUT2D eigenvalue weighted by Crippen LogP contribution is 2.59. The number of fused-ring (bicyclic) bond motifs is 20. The Balaban J connectivity index is 0.000000109. The van der Waals surface area contributed by atoms with Gasteiger partial charge < -0.3 is 0 Å². The molecule has 0 atom stereocenters. The van der Waals surface area contributed by atoms with E-state index in [0.29, 0.717) is 0 Å². The summed E-state index contributed by atoms with van der Waals surface area (Å²) in [6.07, 6.45) is 7.55. The highest BCUT2D eigenvalue weighted by molar-refractivity contribution is 6.19. The van der Waals surface area contributed by atoms with Gasteiger partial charge in [-0.3, -0.25) is 15.0 Å². The number of nitrogens with zero attached hydrogens (tertiary/aromatic N) is 6. The van der Waals surface area contributed by atoms with Gasteiger partial charge in [-0.25, -0.2) is 15.0 Å². The van der Waals surface area contributed by atoms with Crippen molar-refractivity contribution in [3.63, 3.8) is 0 Å². The molecule has 618 valence electrons. The summed E-state index contributed by atoms with van der Waals surface area (Å²) in [7, 11) is 0. The third-order valence-electron chi connectivity index (χ3n) is 28.0. The fourth-order valence-corrected chi connectivity index (χ4v) is 21.8. The van der Waals surface area contributed by atoms with Gasteiger partial charge in [-0.15, -0.1) is 0 Å². The van der Waals surface area contributed by atoms with Gasteiger partial charge in [-0.2, -0.15) is 0 Å². The van der Waals surface area contributed by atoms with Crippen molar-refractivity contribution in [3.05, 3.63) is 459 Å². The average Bonchev–Trinajstić information content (AvgIpc) is 1.57. The lowest BCUT2D eigenvalue weighted by atomic mass is 9.77. The smallest absolute Gasteiger partial charge is 0.0780 e. The van der Waals surface area contributed by atoms with Crippen LogP contribution in [0.1, 0.15) is 74.9 Å². The zero-order chi connectivity index (χ0) is 87.8. The van der Waals surface area contributed by atoms with E-state index in [2.05, 4.69) is 435 Å². The zero-order valence-corrected chi connectivity index (χ0v) is 73.6. The van der Waals surface area contributed by atoms with Gasteiger partial charge in [-0.1, -0.05) is 357 Å². The average molecular weight is 1670 g/mol. The molecule has 6 heteroatoms. The minimum absolute atomic E-state index is 0.184. The van der Waals surface area contributed by atoms with Crippen LogP contribution in [0, 0.1) is 0 Å². The number of hydrogen-bond donors (Lipinski definition) is 0. The third kappa shape index (κ3) is 13.1. The van der Waals surface area contributed by atoms with E-state index in [1.807, 2.05) is 36.9 Å². The van der Waals surface area contributed by atoms with Crippen LogP contribution >= 0.6 is 0 Å². The lowest BCUT2D eigenvalue weighted by Gasteiger charge is -2.26. The van der Waals surface area contributed by atoms with Crippen LogP contribution in [0.5, 0.6) is 0 Å². The summed E-state index contributed by atoms with van der Waals surface area (Å²) in [6, 6.07) is 145. The van der Waals surface area contributed by atoms with Gasteiger partial charge in [-0.05, 0) is 240 Å². The molecule has 0 saturated carbocycles. The molecule has 6 aromatic heterocycles. The molecule has 0 saturated heterocycles. The van der Waals surface area contributed by atoms with E-state index >= 15 is 0 Å². The van der Waals surface area contributed by atoms with Crippen LogP contribution in [0.4, 0.5) is 0 Å². The molecule has 26 rings (SSSR count). The summed E-state index contributed by atoms with van der Waals surface area (Å²) in [5.74, 6) is 0. The molecule has 3 aliphatic carbocycles. The maximum Gasteiger partial charge on any atom is 0.0780 e. The van der Waals surface area contributed by atoms with E-state index < -0.39 is 0 Å². The lowest BCUT2D eigenvalue weighted by Crippen LogP contribution is -2.16. The molecule has 0 N–H and O–H groups in total. The maximum absolute atomic E-state index is 5.37. The lowest BCUT2D eigenvalue weighted by molar-refractivity contribution is 0.661. The zero-order valence-electron chi connectivity index (χ0n) is 73.6. The highest BCUT2D eigenvalue weighted by Gasteiger charge is 2.43. The van der Waals surface area contributed by atoms with Crippen LogP contribution in [-0.2, 0) is 16.2 Å². The molecule has 0 spiro atoms. The van der Waals surface area contributed by atoms with Crippen molar-refractivity contribution in [2.75, 3.05) is 0 Å². The Kier molecular flexibility index (Phi) is 18.5. The molecular formula is C125H88N6. The summed E-state index contributed by atoms with van der Waals surface area (Å²) >= 11 is 0. The maximum atomic E-state index is 5.37. The van der Waals surface area contributed by atoms with Crippen LogP contribution in [0.3, 0.4) is 0 Å². The van der Waals surface area contributed by atoms with Crippen molar-refractivity contribution >= 4 is 86.8 Å². The van der Waals surface area contributed by atoms with E-state index in [9.17, 15) is 0 Å². The SMILES string of the molecule is CC1(C)c2ccccc2-c2nc3ccc4ccccc4c3c(-c3cccc(-c4cccc(-c5cccc6cccnc56)c4)c3)c21.CC1(C)c2ccccc2-c2nc3ccc4ccccc4c3c(-c3cccc(-c4cccc(-c5ccncc5)c4)c3)c21.CC1(C)c2ccccc2-c2nc3ccc4ccccc4c3c(-c3cccc(-c4cccc(-c5cnc6ccccc6c5)c4)c3)c21. The fraction of sp³-hybridized carbons (Fsp3) is 0.0720. The topological polar surface area (TPSA) is 77.3 Å². The van der Waals surface area contributed by atoms with Crippen LogP contribution in [0.25, 0.3) is 221 Å². The van der Waals surface area contributed by atoms with Crippen LogP contribution in [-0.4, -0.2) is 29.9 Å². The van der Waals surface area contributed by atoms with Gasteiger partial charge in [0.05, 0.1) is 44.7 Å². The van der Waals surface area contributed by atoms with Crippen molar-refractivity contribution < 1.29 is 0 Å². The molecule has 3 aliphatic rings. The van der Waals surface area contributed by atoms with E-state index in [4.69, 9.17) is 24.9 Å². The molecule has 0 fully saturated rings. The molecule has 6 nitrogen and oxygen atoms in total. The Morgan fingerprint density at radius 3 is 0.939 bits per heavy atom. The molecular weight excluding hydrogens is 1590 g/mol. The monoisotopic (exact) mass is 1670 g/mol. The Labute approximate surface area is 761 Å². The quantitative estimate of drug-likeness (QED) is 0.134. The van der Waals surface area contributed by atoms with Crippen molar-refractivity contribution in [2.45, 2.75) is 57.8 Å². The first-order valence-corrected chi connectivity index (χ1v) is 45.3. The second kappa shape index (κ2) is 31.0. The van der Waals surface area contributed by atoms with E-state index in [-0.39, 0.29) is 16.2 Å². The van der Waals surface area contributed by atoms with Gasteiger partial charge >= 0.3 is 0 Å². The van der Waals surface area contributed by atoms with Crippen molar-refractivity contribution in [1.82, 2.24) is 29.9 Å². The number of rotatable bonds is 9. The molecule has 0 aliphatic heterocycles. The summed E-state index contributed by atoms with van der Waals surface area (Å²) < 4.78 is 0. The molecule has 17 aromatic carbocycles. The van der Waals surface area contributed by atoms with Crippen LogP contribution < -0.4 is 0 Å². The van der Waals surface area contributed by atoms with Crippen LogP contribution in [0.15, 0.2) is 425 Å². The summed E-state index contributed by atoms with van der Waals surface area (Å²) in [4.78, 5) is 29.7. The van der Waals surface area contributed by atoms with Gasteiger partial charge in [0.25, 0.3) is 0 Å². The number of para-hydroxylation sites is 2. The van der Waals surface area contributed by atoms with Crippen molar-refractivity contribution in [2.24, 2.45) is 0 Å². The molecule has 0 bridgehead atoms. The second-order valence-corrected chi connectivity index (χ2v) is 36.7. The molecule has 6 heterocycles. The fourth-order valence-electron chi connectivity index (χ4n) is 21.8. The Hall–Kier alpha value is -16.3. The Morgan fingerprint density at radius 2 is 0.511 bits per heavy atom. The van der Waals surface area contributed by atoms with Gasteiger partial charge in [0.1, 0.15) is 0 Å². The minimum atomic E-state index is -0.198. The van der Waals surface area contributed by atoms with Gasteiger partial charge in [0.2, 0.25) is 0 Å². The van der Waals surface area contributed by atoms with Gasteiger partial charge in [0, 0.05) is 95.8 Å².